The average molecular weight is 331 g/mol. The van der Waals surface area contributed by atoms with E-state index in [1.807, 2.05) is 51.9 Å². The molecule has 5 rings (SSSR count). The van der Waals surface area contributed by atoms with Gasteiger partial charge in [0.15, 0.2) is 5.69 Å². The van der Waals surface area contributed by atoms with E-state index < -0.39 is 0 Å². The molecule has 5 nitrogen and oxygen atoms in total. The predicted molar refractivity (Wildman–Crippen MR) is 94.3 cm³/mol. The Morgan fingerprint density at radius 3 is 2.76 bits per heavy atom. The molecule has 0 saturated heterocycles. The second-order valence-electron chi connectivity index (χ2n) is 6.52. The number of carbonyl (C=O) groups excluding carboxylic acids is 1. The largest absolute Gasteiger partial charge is 0.485 e. The Kier molecular flexibility index (Phi) is 2.98. The van der Waals surface area contributed by atoms with Crippen molar-refractivity contribution in [3.8, 4) is 11.4 Å². The number of amides is 1. The lowest BCUT2D eigenvalue weighted by Gasteiger charge is -2.24. The number of aromatic nitrogens is 2. The number of fused-ring (bicyclic) bond motifs is 4. The number of hydrogen-bond acceptors (Lipinski definition) is 3. The maximum absolute atomic E-state index is 13.3. The summed E-state index contributed by atoms with van der Waals surface area (Å²) in [5.74, 6) is 0.750. The average Bonchev–Trinajstić information content (AvgIpc) is 3.21. The highest BCUT2D eigenvalue weighted by molar-refractivity contribution is 6.07. The number of para-hydroxylation sites is 3. The van der Waals surface area contributed by atoms with Crippen LogP contribution >= 0.6 is 0 Å². The predicted octanol–water partition coefficient (Wildman–Crippen LogP) is 3.36. The van der Waals surface area contributed by atoms with Gasteiger partial charge in [-0.1, -0.05) is 30.3 Å². The van der Waals surface area contributed by atoms with Crippen molar-refractivity contribution < 1.29 is 9.53 Å². The van der Waals surface area contributed by atoms with E-state index >= 15 is 0 Å². The Balaban J connectivity index is 1.58. The van der Waals surface area contributed by atoms with Gasteiger partial charge in [0.25, 0.3) is 5.91 Å². The van der Waals surface area contributed by atoms with Crippen molar-refractivity contribution in [2.24, 2.45) is 0 Å². The summed E-state index contributed by atoms with van der Waals surface area (Å²) in [5.41, 5.74) is 4.39. The zero-order valence-corrected chi connectivity index (χ0v) is 13.8. The second kappa shape index (κ2) is 5.21. The van der Waals surface area contributed by atoms with Crippen LogP contribution in [0.2, 0.25) is 0 Å². The van der Waals surface area contributed by atoms with E-state index in [0.29, 0.717) is 12.3 Å². The third-order valence-electron chi connectivity index (χ3n) is 4.98. The number of rotatable bonds is 1. The molecule has 1 atom stereocenters. The third kappa shape index (κ3) is 2.02. The minimum atomic E-state index is -0.0609. The lowest BCUT2D eigenvalue weighted by molar-refractivity contribution is 0.0974. The van der Waals surface area contributed by atoms with Crippen molar-refractivity contribution in [3.05, 3.63) is 71.8 Å². The van der Waals surface area contributed by atoms with Crippen LogP contribution in [0, 0.1) is 0 Å². The number of hydrogen-bond donors (Lipinski definition) is 0. The summed E-state index contributed by atoms with van der Waals surface area (Å²) in [7, 11) is 0. The number of anilines is 1. The monoisotopic (exact) mass is 331 g/mol. The van der Waals surface area contributed by atoms with E-state index in [2.05, 4.69) is 18.0 Å². The Labute approximate surface area is 145 Å². The number of carbonyl (C=O) groups is 1. The summed E-state index contributed by atoms with van der Waals surface area (Å²) in [4.78, 5) is 19.6. The smallest absolute Gasteiger partial charge is 0.279 e. The van der Waals surface area contributed by atoms with Gasteiger partial charge in [-0.25, -0.2) is 4.98 Å². The molecule has 0 fully saturated rings. The van der Waals surface area contributed by atoms with Gasteiger partial charge in [0.2, 0.25) is 0 Å². The zero-order chi connectivity index (χ0) is 17.0. The van der Waals surface area contributed by atoms with Gasteiger partial charge in [0.1, 0.15) is 18.7 Å². The third-order valence-corrected chi connectivity index (χ3v) is 4.98. The first-order chi connectivity index (χ1) is 12.2. The molecule has 3 aromatic rings. The molecule has 1 aromatic heterocycles. The van der Waals surface area contributed by atoms with Crippen molar-refractivity contribution in [1.29, 1.82) is 0 Å². The fourth-order valence-corrected chi connectivity index (χ4v) is 3.81. The lowest BCUT2D eigenvalue weighted by atomic mass is 10.1. The topological polar surface area (TPSA) is 47.4 Å². The van der Waals surface area contributed by atoms with Gasteiger partial charge in [0, 0.05) is 11.7 Å². The summed E-state index contributed by atoms with van der Waals surface area (Å²) in [5, 5.41) is 0. The van der Waals surface area contributed by atoms with Crippen LogP contribution in [-0.4, -0.2) is 21.5 Å². The fourth-order valence-electron chi connectivity index (χ4n) is 3.81. The zero-order valence-electron chi connectivity index (χ0n) is 13.8. The summed E-state index contributed by atoms with van der Waals surface area (Å²) in [6, 6.07) is 16.0. The van der Waals surface area contributed by atoms with Crippen LogP contribution in [0.5, 0.6) is 5.75 Å². The summed E-state index contributed by atoms with van der Waals surface area (Å²) >= 11 is 0. The number of benzene rings is 2. The van der Waals surface area contributed by atoms with Crippen molar-refractivity contribution in [1.82, 2.24) is 9.55 Å². The van der Waals surface area contributed by atoms with E-state index in [-0.39, 0.29) is 11.9 Å². The van der Waals surface area contributed by atoms with E-state index in [9.17, 15) is 4.79 Å². The van der Waals surface area contributed by atoms with Crippen LogP contribution in [0.25, 0.3) is 5.69 Å². The molecule has 2 aliphatic rings. The molecule has 0 saturated carbocycles. The first kappa shape index (κ1) is 14.3. The first-order valence-corrected chi connectivity index (χ1v) is 8.44. The van der Waals surface area contributed by atoms with Gasteiger partial charge < -0.3 is 9.64 Å². The van der Waals surface area contributed by atoms with E-state index in [1.165, 1.54) is 5.56 Å². The van der Waals surface area contributed by atoms with E-state index in [4.69, 9.17) is 4.74 Å². The molecule has 0 radical (unpaired) electrons. The Bertz CT molecular complexity index is 992. The summed E-state index contributed by atoms with van der Waals surface area (Å²) < 4.78 is 7.78. The van der Waals surface area contributed by atoms with Gasteiger partial charge in [-0.3, -0.25) is 9.36 Å². The lowest BCUT2D eigenvalue weighted by Crippen LogP contribution is -2.36. The SMILES string of the molecule is CC1Cc2ccccc2N1C(=O)c1ncn2c1COc1ccccc1-2. The first-order valence-electron chi connectivity index (χ1n) is 8.44. The molecule has 124 valence electrons. The molecule has 2 aliphatic heterocycles. The van der Waals surface area contributed by atoms with E-state index in [0.717, 1.165) is 29.2 Å². The van der Waals surface area contributed by atoms with Crippen molar-refractivity contribution in [2.75, 3.05) is 4.90 Å². The summed E-state index contributed by atoms with van der Waals surface area (Å²) in [6.45, 7) is 2.42. The fraction of sp³-hybridized carbons (Fsp3) is 0.200. The van der Waals surface area contributed by atoms with Crippen LogP contribution in [-0.2, 0) is 13.0 Å². The highest BCUT2D eigenvalue weighted by Gasteiger charge is 2.35. The quantitative estimate of drug-likeness (QED) is 0.687. The molecule has 5 heteroatoms. The molecule has 1 amide bonds. The van der Waals surface area contributed by atoms with Crippen molar-refractivity contribution in [3.63, 3.8) is 0 Å². The minimum Gasteiger partial charge on any atom is -0.485 e. The van der Waals surface area contributed by atoms with Gasteiger partial charge >= 0.3 is 0 Å². The van der Waals surface area contributed by atoms with Crippen LogP contribution in [0.4, 0.5) is 5.69 Å². The molecular formula is C20H17N3O2. The molecule has 0 aliphatic carbocycles. The Hall–Kier alpha value is -3.08. The van der Waals surface area contributed by atoms with Crippen LogP contribution in [0.1, 0.15) is 28.7 Å². The normalized spacial score (nSPS) is 17.5. The molecule has 3 heterocycles. The minimum absolute atomic E-state index is 0.0609. The molecule has 1 unspecified atom stereocenters. The second-order valence-corrected chi connectivity index (χ2v) is 6.52. The van der Waals surface area contributed by atoms with Crippen LogP contribution in [0.3, 0.4) is 0 Å². The molecule has 25 heavy (non-hydrogen) atoms. The maximum Gasteiger partial charge on any atom is 0.279 e. The summed E-state index contributed by atoms with van der Waals surface area (Å²) in [6.07, 6.45) is 2.59. The molecule has 2 aromatic carbocycles. The van der Waals surface area contributed by atoms with Gasteiger partial charge in [0.05, 0.1) is 11.4 Å². The van der Waals surface area contributed by atoms with E-state index in [1.54, 1.807) is 6.33 Å². The number of imidazole rings is 1. The van der Waals surface area contributed by atoms with Crippen molar-refractivity contribution >= 4 is 11.6 Å². The van der Waals surface area contributed by atoms with Crippen molar-refractivity contribution in [2.45, 2.75) is 26.0 Å². The highest BCUT2D eigenvalue weighted by Crippen LogP contribution is 2.35. The number of nitrogens with zero attached hydrogens (tertiary/aromatic N) is 3. The molecule has 0 spiro atoms. The standard InChI is InChI=1S/C20H17N3O2/c1-13-10-14-6-2-3-7-15(14)23(13)20(24)19-17-11-25-18-9-5-4-8-16(18)22(17)12-21-19/h2-9,12-13H,10-11H2,1H3. The Morgan fingerprint density at radius 1 is 1.12 bits per heavy atom. The number of ether oxygens (including phenoxy) is 1. The van der Waals surface area contributed by atoms with Crippen LogP contribution < -0.4 is 9.64 Å². The Morgan fingerprint density at radius 2 is 1.88 bits per heavy atom. The molecule has 0 bridgehead atoms. The maximum atomic E-state index is 13.3. The van der Waals surface area contributed by atoms with Gasteiger partial charge in [-0.2, -0.15) is 0 Å². The van der Waals surface area contributed by atoms with Gasteiger partial charge in [-0.15, -0.1) is 0 Å². The molecular weight excluding hydrogens is 314 g/mol. The highest BCUT2D eigenvalue weighted by atomic mass is 16.5. The molecule has 0 N–H and O–H groups in total. The van der Waals surface area contributed by atoms with Crippen LogP contribution in [0.15, 0.2) is 54.9 Å². The van der Waals surface area contributed by atoms with Gasteiger partial charge in [-0.05, 0) is 37.1 Å².